The van der Waals surface area contributed by atoms with E-state index in [2.05, 4.69) is 24.5 Å². The predicted octanol–water partition coefficient (Wildman–Crippen LogP) is 0.576. The Morgan fingerprint density at radius 3 is 2.70 bits per heavy atom. The fourth-order valence-corrected chi connectivity index (χ4v) is 5.72. The van der Waals surface area contributed by atoms with E-state index in [0.29, 0.717) is 31.6 Å². The molecule has 8 nitrogen and oxygen atoms in total. The minimum atomic E-state index is -0.584. The summed E-state index contributed by atoms with van der Waals surface area (Å²) in [6, 6.07) is 5.27. The molecule has 8 heteroatoms. The monoisotopic (exact) mass is 412 g/mol. The molecule has 2 bridgehead atoms. The van der Waals surface area contributed by atoms with Gasteiger partial charge in [0.15, 0.2) is 0 Å². The second-order valence-electron chi connectivity index (χ2n) is 9.68. The molecule has 30 heavy (non-hydrogen) atoms. The first-order valence-corrected chi connectivity index (χ1v) is 10.6. The van der Waals surface area contributed by atoms with Crippen LogP contribution >= 0.6 is 0 Å². The highest BCUT2D eigenvalue weighted by molar-refractivity contribution is 6.05. The van der Waals surface area contributed by atoms with Crippen molar-refractivity contribution in [2.45, 2.75) is 75.4 Å². The third-order valence-corrected chi connectivity index (χ3v) is 7.46. The Labute approximate surface area is 175 Å². The van der Waals surface area contributed by atoms with Crippen molar-refractivity contribution in [3.05, 3.63) is 34.9 Å². The van der Waals surface area contributed by atoms with Crippen LogP contribution < -0.4 is 16.4 Å². The molecule has 3 amide bonds. The number of hydrogen-bond acceptors (Lipinski definition) is 6. The SMILES string of the molecule is CC1(C)OC2(CN)CC1(NCc1ccc3c(c1)CN(C1CCC(=O)NC1=O)C3=O)C2. The van der Waals surface area contributed by atoms with E-state index in [4.69, 9.17) is 10.5 Å². The lowest BCUT2D eigenvalue weighted by Gasteiger charge is -2.47. The van der Waals surface area contributed by atoms with Crippen LogP contribution in [0, 0.1) is 0 Å². The molecular formula is C22H28N4O4. The minimum absolute atomic E-state index is 0.0834. The van der Waals surface area contributed by atoms with E-state index in [9.17, 15) is 14.4 Å². The number of amides is 3. The molecule has 6 rings (SSSR count). The second kappa shape index (κ2) is 6.35. The Morgan fingerprint density at radius 1 is 1.27 bits per heavy atom. The zero-order valence-corrected chi connectivity index (χ0v) is 17.4. The summed E-state index contributed by atoms with van der Waals surface area (Å²) in [6.07, 6.45) is 2.46. The molecule has 4 fully saturated rings. The number of piperidine rings is 1. The van der Waals surface area contributed by atoms with Gasteiger partial charge >= 0.3 is 0 Å². The molecular weight excluding hydrogens is 384 g/mol. The number of nitrogens with zero attached hydrogens (tertiary/aromatic N) is 1. The molecule has 1 aromatic rings. The van der Waals surface area contributed by atoms with Crippen LogP contribution in [0.3, 0.4) is 0 Å². The quantitative estimate of drug-likeness (QED) is 0.610. The van der Waals surface area contributed by atoms with Crippen LogP contribution in [0.4, 0.5) is 0 Å². The zero-order valence-electron chi connectivity index (χ0n) is 17.4. The molecule has 4 heterocycles. The van der Waals surface area contributed by atoms with Crippen molar-refractivity contribution in [3.8, 4) is 0 Å². The van der Waals surface area contributed by atoms with Gasteiger partial charge in [-0.3, -0.25) is 19.7 Å². The van der Waals surface area contributed by atoms with Gasteiger partial charge in [-0.1, -0.05) is 12.1 Å². The van der Waals surface area contributed by atoms with Crippen molar-refractivity contribution in [3.63, 3.8) is 0 Å². The Morgan fingerprint density at radius 2 is 2.03 bits per heavy atom. The number of ether oxygens (including phenoxy) is 1. The lowest BCUT2D eigenvalue weighted by Crippen LogP contribution is -2.64. The van der Waals surface area contributed by atoms with Gasteiger partial charge in [0.25, 0.3) is 5.91 Å². The number of rotatable bonds is 5. The summed E-state index contributed by atoms with van der Waals surface area (Å²) in [5.41, 5.74) is 8.02. The standard InChI is InChI=1S/C22H28N4O4/c1-20(2)22(10-21(11-22,12-23)30-20)24-8-13-3-4-15-14(7-13)9-26(19(15)29)16-5-6-17(27)25-18(16)28/h3-4,7,16,24H,5-6,8-12,23H2,1-2H3,(H,25,27,28). The summed E-state index contributed by atoms with van der Waals surface area (Å²) in [6.45, 7) is 5.84. The van der Waals surface area contributed by atoms with Crippen LogP contribution in [0.2, 0.25) is 0 Å². The maximum atomic E-state index is 12.8. The Kier molecular flexibility index (Phi) is 4.16. The van der Waals surface area contributed by atoms with Crippen molar-refractivity contribution < 1.29 is 19.1 Å². The van der Waals surface area contributed by atoms with Gasteiger partial charge in [0.1, 0.15) is 6.04 Å². The molecule has 4 aliphatic heterocycles. The summed E-state index contributed by atoms with van der Waals surface area (Å²) >= 11 is 0. The number of nitrogens with two attached hydrogens (primary N) is 1. The van der Waals surface area contributed by atoms with Gasteiger partial charge in [-0.05, 0) is 50.3 Å². The van der Waals surface area contributed by atoms with Crippen LogP contribution in [0.5, 0.6) is 0 Å². The highest BCUT2D eigenvalue weighted by Gasteiger charge is 2.70. The number of hydrogen-bond donors (Lipinski definition) is 3. The van der Waals surface area contributed by atoms with Crippen molar-refractivity contribution in [2.24, 2.45) is 5.73 Å². The molecule has 0 spiro atoms. The van der Waals surface area contributed by atoms with Crippen molar-refractivity contribution >= 4 is 17.7 Å². The third kappa shape index (κ3) is 2.74. The van der Waals surface area contributed by atoms with Crippen LogP contribution in [0.15, 0.2) is 18.2 Å². The molecule has 1 saturated carbocycles. The molecule has 160 valence electrons. The average molecular weight is 412 g/mol. The van der Waals surface area contributed by atoms with E-state index in [-0.39, 0.29) is 40.9 Å². The summed E-state index contributed by atoms with van der Waals surface area (Å²) in [7, 11) is 0. The highest BCUT2D eigenvalue weighted by atomic mass is 16.5. The van der Waals surface area contributed by atoms with E-state index in [0.717, 1.165) is 24.0 Å². The topological polar surface area (TPSA) is 114 Å². The molecule has 1 unspecified atom stereocenters. The molecule has 1 atom stereocenters. The van der Waals surface area contributed by atoms with Crippen LogP contribution in [0.1, 0.15) is 61.0 Å². The molecule has 3 saturated heterocycles. The maximum absolute atomic E-state index is 12.8. The number of fused-ring (bicyclic) bond motifs is 2. The Bertz CT molecular complexity index is 950. The highest BCUT2D eigenvalue weighted by Crippen LogP contribution is 2.60. The zero-order chi connectivity index (χ0) is 21.3. The van der Waals surface area contributed by atoms with Crippen molar-refractivity contribution in [2.75, 3.05) is 6.54 Å². The second-order valence-corrected chi connectivity index (χ2v) is 9.68. The fourth-order valence-electron chi connectivity index (χ4n) is 5.72. The van der Waals surface area contributed by atoms with Crippen molar-refractivity contribution in [1.29, 1.82) is 0 Å². The van der Waals surface area contributed by atoms with Gasteiger partial charge in [0.05, 0.1) is 16.7 Å². The van der Waals surface area contributed by atoms with Crippen molar-refractivity contribution in [1.82, 2.24) is 15.5 Å². The lowest BCUT2D eigenvalue weighted by molar-refractivity contribution is -0.136. The molecule has 1 aliphatic carbocycles. The average Bonchev–Trinajstić information content (AvgIpc) is 3.19. The molecule has 5 aliphatic rings. The van der Waals surface area contributed by atoms with E-state index in [1.165, 1.54) is 0 Å². The van der Waals surface area contributed by atoms with Gasteiger partial charge < -0.3 is 20.7 Å². The first kappa shape index (κ1) is 19.7. The van der Waals surface area contributed by atoms with E-state index >= 15 is 0 Å². The molecule has 1 aromatic carbocycles. The van der Waals surface area contributed by atoms with E-state index in [1.54, 1.807) is 4.90 Å². The smallest absolute Gasteiger partial charge is 0.255 e. The third-order valence-electron chi connectivity index (χ3n) is 7.46. The minimum Gasteiger partial charge on any atom is -0.366 e. The van der Waals surface area contributed by atoms with E-state index in [1.807, 2.05) is 18.2 Å². The van der Waals surface area contributed by atoms with Crippen LogP contribution in [-0.2, 0) is 27.4 Å². The van der Waals surface area contributed by atoms with Crippen LogP contribution in [-0.4, -0.2) is 51.9 Å². The lowest BCUT2D eigenvalue weighted by atomic mass is 9.62. The summed E-state index contributed by atoms with van der Waals surface area (Å²) in [4.78, 5) is 38.0. The maximum Gasteiger partial charge on any atom is 0.255 e. The number of imide groups is 1. The number of carbonyl (C=O) groups is 3. The first-order chi connectivity index (χ1) is 14.2. The van der Waals surface area contributed by atoms with Gasteiger partial charge in [0.2, 0.25) is 11.8 Å². The number of benzene rings is 1. The summed E-state index contributed by atoms with van der Waals surface area (Å²) < 4.78 is 6.24. The summed E-state index contributed by atoms with van der Waals surface area (Å²) in [5, 5.41) is 6.04. The van der Waals surface area contributed by atoms with Gasteiger partial charge in [0, 0.05) is 31.6 Å². The molecule has 0 radical (unpaired) electrons. The van der Waals surface area contributed by atoms with Gasteiger partial charge in [-0.15, -0.1) is 0 Å². The Balaban J connectivity index is 1.29. The first-order valence-electron chi connectivity index (χ1n) is 10.6. The largest absolute Gasteiger partial charge is 0.366 e. The van der Waals surface area contributed by atoms with E-state index < -0.39 is 6.04 Å². The van der Waals surface area contributed by atoms with Gasteiger partial charge in [-0.2, -0.15) is 0 Å². The van der Waals surface area contributed by atoms with Crippen LogP contribution in [0.25, 0.3) is 0 Å². The number of carbonyl (C=O) groups excluding carboxylic acids is 3. The molecule has 4 N–H and O–H groups in total. The summed E-state index contributed by atoms with van der Waals surface area (Å²) in [5.74, 6) is -0.804. The normalized spacial score (nSPS) is 34.0. The molecule has 0 aromatic heterocycles. The predicted molar refractivity (Wildman–Crippen MR) is 108 cm³/mol. The van der Waals surface area contributed by atoms with Gasteiger partial charge in [-0.25, -0.2) is 0 Å². The number of nitrogens with one attached hydrogen (secondary N) is 2. The Hall–Kier alpha value is -2.29. The fraction of sp³-hybridized carbons (Fsp3) is 0.591.